The van der Waals surface area contributed by atoms with E-state index in [9.17, 15) is 24.6 Å². The van der Waals surface area contributed by atoms with E-state index in [2.05, 4.69) is 6.58 Å². The second-order valence-corrected chi connectivity index (χ2v) is 7.25. The summed E-state index contributed by atoms with van der Waals surface area (Å²) in [6.45, 7) is 7.54. The third kappa shape index (κ3) is 5.25. The molecule has 0 aromatic heterocycles. The number of aliphatic hydroxyl groups excluding tert-OH is 2. The quantitative estimate of drug-likeness (QED) is 0.297. The van der Waals surface area contributed by atoms with E-state index < -0.39 is 48.7 Å². The number of hydrogen-bond donors (Lipinski definition) is 2. The standard InChI is InChI=1S/C22H28O8/c1-5-12(2)21(26)30-20-18-13(3)22(27)29-17(18)9-15(10-23)7-6-8-16(11-24)19(20)28-14(4)25/h5,8-9,17-20,23-24H,3,6-7,10-11H2,1-2,4H3/b12-5+,15-9-,16-8?/t17-,18+,19+,20+/m1/s1. The molecule has 0 aromatic rings. The third-order valence-corrected chi connectivity index (χ3v) is 5.23. The van der Waals surface area contributed by atoms with E-state index in [0.717, 1.165) is 0 Å². The molecule has 1 aliphatic heterocycles. The maximum atomic E-state index is 12.6. The first-order chi connectivity index (χ1) is 14.2. The molecule has 0 bridgehead atoms. The Kier molecular flexibility index (Phi) is 8.14. The predicted molar refractivity (Wildman–Crippen MR) is 107 cm³/mol. The van der Waals surface area contributed by atoms with Crippen molar-refractivity contribution >= 4 is 17.9 Å². The van der Waals surface area contributed by atoms with Gasteiger partial charge in [-0.05, 0) is 43.9 Å². The number of carbonyl (C=O) groups excluding carboxylic acids is 3. The van der Waals surface area contributed by atoms with Gasteiger partial charge in [0.1, 0.15) is 6.10 Å². The number of allylic oxidation sites excluding steroid dienone is 2. The molecule has 1 aliphatic carbocycles. The molecule has 0 aromatic carbocycles. The lowest BCUT2D eigenvalue weighted by Gasteiger charge is -2.33. The highest BCUT2D eigenvalue weighted by Gasteiger charge is 2.49. The summed E-state index contributed by atoms with van der Waals surface area (Å²) in [5, 5.41) is 19.6. The summed E-state index contributed by atoms with van der Waals surface area (Å²) in [7, 11) is 0. The number of ether oxygens (including phenoxy) is 3. The van der Waals surface area contributed by atoms with E-state index in [0.29, 0.717) is 29.6 Å². The number of rotatable bonds is 5. The van der Waals surface area contributed by atoms with Crippen molar-refractivity contribution in [3.05, 3.63) is 47.1 Å². The number of aliphatic hydroxyl groups is 2. The summed E-state index contributed by atoms with van der Waals surface area (Å²) in [5.74, 6) is -2.84. The molecule has 8 nitrogen and oxygen atoms in total. The molecule has 1 heterocycles. The molecule has 30 heavy (non-hydrogen) atoms. The lowest BCUT2D eigenvalue weighted by atomic mass is 9.83. The van der Waals surface area contributed by atoms with Gasteiger partial charge in [-0.3, -0.25) is 4.79 Å². The monoisotopic (exact) mass is 420 g/mol. The Morgan fingerprint density at radius 1 is 1.27 bits per heavy atom. The van der Waals surface area contributed by atoms with E-state index in [1.165, 1.54) is 6.92 Å². The van der Waals surface area contributed by atoms with E-state index in [4.69, 9.17) is 14.2 Å². The van der Waals surface area contributed by atoms with E-state index in [1.807, 2.05) is 0 Å². The van der Waals surface area contributed by atoms with Gasteiger partial charge in [-0.25, -0.2) is 9.59 Å². The van der Waals surface area contributed by atoms with Crippen LogP contribution in [0.4, 0.5) is 0 Å². The molecule has 0 spiro atoms. The van der Waals surface area contributed by atoms with E-state index >= 15 is 0 Å². The zero-order valence-corrected chi connectivity index (χ0v) is 17.4. The minimum Gasteiger partial charge on any atom is -0.454 e. The van der Waals surface area contributed by atoms with E-state index in [-0.39, 0.29) is 12.2 Å². The van der Waals surface area contributed by atoms with Crippen LogP contribution in [0.25, 0.3) is 0 Å². The summed E-state index contributed by atoms with van der Waals surface area (Å²) in [5.41, 5.74) is 1.33. The summed E-state index contributed by atoms with van der Waals surface area (Å²) in [6.07, 6.45) is 2.57. The SMILES string of the molecule is C=C1C(=O)O[C@@H]2/C=C(\CO)CCC=C(CO)[C@H](OC(C)=O)[C@@H](OC(=O)/C(C)=C/C)[C@@H]12. The number of carbonyl (C=O) groups is 3. The molecular weight excluding hydrogens is 392 g/mol. The van der Waals surface area contributed by atoms with Crippen LogP contribution in [0.15, 0.2) is 47.1 Å². The lowest BCUT2D eigenvalue weighted by molar-refractivity contribution is -0.166. The summed E-state index contributed by atoms with van der Waals surface area (Å²) in [6, 6.07) is 0. The number of esters is 3. The topological polar surface area (TPSA) is 119 Å². The van der Waals surface area contributed by atoms with Crippen LogP contribution in [0.5, 0.6) is 0 Å². The van der Waals surface area contributed by atoms with Gasteiger partial charge in [0.2, 0.25) is 0 Å². The van der Waals surface area contributed by atoms with Crippen molar-refractivity contribution in [1.29, 1.82) is 0 Å². The van der Waals surface area contributed by atoms with Gasteiger partial charge in [0, 0.05) is 18.1 Å². The van der Waals surface area contributed by atoms with Crippen molar-refractivity contribution in [2.24, 2.45) is 5.92 Å². The second-order valence-electron chi connectivity index (χ2n) is 7.25. The molecule has 2 aliphatic rings. The molecule has 0 saturated carbocycles. The Bertz CT molecular complexity index is 804. The van der Waals surface area contributed by atoms with Crippen LogP contribution < -0.4 is 0 Å². The van der Waals surface area contributed by atoms with Gasteiger partial charge < -0.3 is 24.4 Å². The normalized spacial score (nSPS) is 29.2. The minimum absolute atomic E-state index is 0.0551. The van der Waals surface area contributed by atoms with E-state index in [1.54, 1.807) is 32.1 Å². The molecule has 0 amide bonds. The summed E-state index contributed by atoms with van der Waals surface area (Å²) >= 11 is 0. The summed E-state index contributed by atoms with van der Waals surface area (Å²) in [4.78, 5) is 36.7. The first-order valence-corrected chi connectivity index (χ1v) is 9.74. The van der Waals surface area contributed by atoms with Crippen LogP contribution in [0.2, 0.25) is 0 Å². The largest absolute Gasteiger partial charge is 0.454 e. The van der Waals surface area contributed by atoms with Gasteiger partial charge in [-0.15, -0.1) is 0 Å². The van der Waals surface area contributed by atoms with Crippen LogP contribution in [0.1, 0.15) is 33.6 Å². The van der Waals surface area contributed by atoms with Gasteiger partial charge >= 0.3 is 17.9 Å². The average molecular weight is 420 g/mol. The van der Waals surface area contributed by atoms with Crippen molar-refractivity contribution in [1.82, 2.24) is 0 Å². The zero-order chi connectivity index (χ0) is 22.4. The van der Waals surface area contributed by atoms with Crippen LogP contribution in [0.3, 0.4) is 0 Å². The van der Waals surface area contributed by atoms with Crippen LogP contribution in [-0.2, 0) is 28.6 Å². The third-order valence-electron chi connectivity index (χ3n) is 5.23. The van der Waals surface area contributed by atoms with Crippen LogP contribution in [-0.4, -0.2) is 59.6 Å². The molecule has 0 unspecified atom stereocenters. The van der Waals surface area contributed by atoms with Crippen molar-refractivity contribution in [3.63, 3.8) is 0 Å². The minimum atomic E-state index is -1.17. The fourth-order valence-electron chi connectivity index (χ4n) is 3.48. The summed E-state index contributed by atoms with van der Waals surface area (Å²) < 4.78 is 16.6. The van der Waals surface area contributed by atoms with Gasteiger partial charge in [-0.2, -0.15) is 0 Å². The highest BCUT2D eigenvalue weighted by Crippen LogP contribution is 2.37. The highest BCUT2D eigenvalue weighted by atomic mass is 16.6. The maximum Gasteiger partial charge on any atom is 0.334 e. The molecule has 4 atom stereocenters. The first-order valence-electron chi connectivity index (χ1n) is 9.74. The Balaban J connectivity index is 2.64. The number of fused-ring (bicyclic) bond motifs is 1. The Hall–Kier alpha value is -2.71. The van der Waals surface area contributed by atoms with Crippen LogP contribution >= 0.6 is 0 Å². The molecule has 2 N–H and O–H groups in total. The lowest BCUT2D eigenvalue weighted by Crippen LogP contribution is -2.45. The van der Waals surface area contributed by atoms with Gasteiger partial charge in [-0.1, -0.05) is 18.7 Å². The molecule has 1 fully saturated rings. The Morgan fingerprint density at radius 2 is 1.97 bits per heavy atom. The zero-order valence-electron chi connectivity index (χ0n) is 17.4. The Morgan fingerprint density at radius 3 is 2.53 bits per heavy atom. The fourth-order valence-corrected chi connectivity index (χ4v) is 3.48. The maximum absolute atomic E-state index is 12.6. The van der Waals surface area contributed by atoms with Gasteiger partial charge in [0.25, 0.3) is 0 Å². The van der Waals surface area contributed by atoms with Gasteiger partial charge in [0.15, 0.2) is 12.2 Å². The Labute approximate surface area is 175 Å². The number of hydrogen-bond acceptors (Lipinski definition) is 8. The smallest absolute Gasteiger partial charge is 0.334 e. The first kappa shape index (κ1) is 23.6. The van der Waals surface area contributed by atoms with Crippen LogP contribution in [0, 0.1) is 5.92 Å². The molecule has 2 rings (SSSR count). The average Bonchev–Trinajstić information content (AvgIpc) is 2.99. The van der Waals surface area contributed by atoms with Crippen molar-refractivity contribution in [3.8, 4) is 0 Å². The molecule has 8 heteroatoms. The fraction of sp³-hybridized carbons (Fsp3) is 0.500. The molecule has 164 valence electrons. The van der Waals surface area contributed by atoms with Crippen molar-refractivity contribution < 1.29 is 38.8 Å². The van der Waals surface area contributed by atoms with Crippen molar-refractivity contribution in [2.45, 2.75) is 51.9 Å². The van der Waals surface area contributed by atoms with Crippen molar-refractivity contribution in [2.75, 3.05) is 13.2 Å². The second kappa shape index (κ2) is 10.4. The molecule has 0 radical (unpaired) electrons. The predicted octanol–water partition coefficient (Wildman–Crippen LogP) is 1.53. The molecular formula is C22H28O8. The molecule has 1 saturated heterocycles. The highest BCUT2D eigenvalue weighted by molar-refractivity contribution is 5.92. The van der Waals surface area contributed by atoms with Gasteiger partial charge in [0.05, 0.1) is 19.1 Å².